The van der Waals surface area contributed by atoms with E-state index in [-0.39, 0.29) is 18.6 Å². The van der Waals surface area contributed by atoms with E-state index < -0.39 is 26.6 Å². The Morgan fingerprint density at radius 2 is 1.84 bits per heavy atom. The molecule has 1 saturated carbocycles. The van der Waals surface area contributed by atoms with Gasteiger partial charge in [0.2, 0.25) is 16.0 Å². The van der Waals surface area contributed by atoms with Crippen molar-refractivity contribution in [2.24, 2.45) is 0 Å². The van der Waals surface area contributed by atoms with Crippen molar-refractivity contribution in [3.8, 4) is 0 Å². The van der Waals surface area contributed by atoms with Gasteiger partial charge in [-0.05, 0) is 43.5 Å². The van der Waals surface area contributed by atoms with Crippen LogP contribution in [0.1, 0.15) is 30.9 Å². The Morgan fingerprint density at radius 1 is 1.00 bits per heavy atom. The molecule has 2 aliphatic heterocycles. The van der Waals surface area contributed by atoms with Crippen LogP contribution in [0, 0.1) is 11.6 Å². The van der Waals surface area contributed by atoms with Gasteiger partial charge >= 0.3 is 0 Å². The SMILES string of the molecule is O=S(=O)(c1ccc(F)cc1F)N1CC2CC1CN2c1nc(Nc2cc(C3CC3)[nH]n2)c2ccccc2n1. The molecule has 2 bridgehead atoms. The van der Waals surface area contributed by atoms with E-state index in [1.165, 1.54) is 17.1 Å². The molecule has 2 aromatic heterocycles. The summed E-state index contributed by atoms with van der Waals surface area (Å²) in [5.41, 5.74) is 1.87. The standard InChI is InChI=1S/C25H23F2N7O2S/c26-15-7-8-22(19(27)9-15)37(35,36)34-13-16-10-17(34)12-33(16)25-28-20-4-2-1-3-18(20)24(30-25)29-23-11-21(31-32-23)14-5-6-14/h1-4,7-9,11,14,16-17H,5-6,10,12-13H2,(H2,28,29,30,31,32). The van der Waals surface area contributed by atoms with Crippen LogP contribution >= 0.6 is 0 Å². The van der Waals surface area contributed by atoms with E-state index in [2.05, 4.69) is 15.5 Å². The van der Waals surface area contributed by atoms with Crippen LogP contribution in [-0.4, -0.2) is 58.1 Å². The second-order valence-electron chi connectivity index (χ2n) is 9.84. The van der Waals surface area contributed by atoms with Gasteiger partial charge in [0.1, 0.15) is 22.3 Å². The Morgan fingerprint density at radius 3 is 2.59 bits per heavy atom. The third kappa shape index (κ3) is 3.82. The van der Waals surface area contributed by atoms with Crippen LogP contribution in [0.3, 0.4) is 0 Å². The number of sulfonamides is 1. The highest BCUT2D eigenvalue weighted by Crippen LogP contribution is 2.41. The molecule has 2 unspecified atom stereocenters. The maximum atomic E-state index is 14.3. The fourth-order valence-electron chi connectivity index (χ4n) is 5.39. The predicted molar refractivity (Wildman–Crippen MR) is 133 cm³/mol. The summed E-state index contributed by atoms with van der Waals surface area (Å²) in [4.78, 5) is 11.1. The minimum atomic E-state index is -4.11. The van der Waals surface area contributed by atoms with E-state index in [4.69, 9.17) is 9.97 Å². The van der Waals surface area contributed by atoms with Gasteiger partial charge in [-0.15, -0.1) is 0 Å². The van der Waals surface area contributed by atoms with Crippen LogP contribution in [0.2, 0.25) is 0 Å². The van der Waals surface area contributed by atoms with Crippen molar-refractivity contribution in [2.45, 2.75) is 42.2 Å². The first-order valence-corrected chi connectivity index (χ1v) is 13.6. The summed E-state index contributed by atoms with van der Waals surface area (Å²) >= 11 is 0. The highest BCUT2D eigenvalue weighted by atomic mass is 32.2. The van der Waals surface area contributed by atoms with Crippen LogP contribution in [0.4, 0.5) is 26.4 Å². The molecule has 4 aromatic rings. The van der Waals surface area contributed by atoms with Crippen molar-refractivity contribution in [3.05, 3.63) is 65.9 Å². The molecule has 0 spiro atoms. The van der Waals surface area contributed by atoms with E-state index in [1.54, 1.807) is 0 Å². The predicted octanol–water partition coefficient (Wildman–Crippen LogP) is 3.90. The highest BCUT2D eigenvalue weighted by molar-refractivity contribution is 7.89. The zero-order chi connectivity index (χ0) is 25.3. The number of fused-ring (bicyclic) bond motifs is 3. The number of rotatable bonds is 6. The lowest BCUT2D eigenvalue weighted by molar-refractivity contribution is 0.364. The molecule has 2 saturated heterocycles. The molecule has 1 aliphatic carbocycles. The molecular weight excluding hydrogens is 500 g/mol. The van der Waals surface area contributed by atoms with Gasteiger partial charge in [0.05, 0.1) is 5.52 Å². The highest BCUT2D eigenvalue weighted by Gasteiger charge is 2.50. The molecule has 3 fully saturated rings. The Kier molecular flexibility index (Phi) is 4.99. The van der Waals surface area contributed by atoms with E-state index >= 15 is 0 Å². The summed E-state index contributed by atoms with van der Waals surface area (Å²) in [5, 5.41) is 11.7. The minimum Gasteiger partial charge on any atom is -0.335 e. The van der Waals surface area contributed by atoms with Crippen LogP contribution in [0.15, 0.2) is 53.4 Å². The molecule has 0 radical (unpaired) electrons. The fraction of sp³-hybridized carbons (Fsp3) is 0.320. The van der Waals surface area contributed by atoms with E-state index in [0.29, 0.717) is 42.5 Å². The number of H-pyrrole nitrogens is 1. The third-order valence-corrected chi connectivity index (χ3v) is 9.33. The second kappa shape index (κ2) is 8.18. The molecule has 4 heterocycles. The number of aromatic nitrogens is 4. The largest absolute Gasteiger partial charge is 0.335 e. The smallest absolute Gasteiger partial charge is 0.246 e. The number of para-hydroxylation sites is 1. The van der Waals surface area contributed by atoms with E-state index in [9.17, 15) is 17.2 Å². The van der Waals surface area contributed by atoms with E-state index in [0.717, 1.165) is 28.7 Å². The number of benzene rings is 2. The summed E-state index contributed by atoms with van der Waals surface area (Å²) in [5.74, 6) is 0.437. The molecular formula is C25H23F2N7O2S. The number of hydrogen-bond donors (Lipinski definition) is 2. The number of nitrogens with zero attached hydrogens (tertiary/aromatic N) is 5. The van der Waals surface area contributed by atoms with Gasteiger partial charge in [-0.1, -0.05) is 12.1 Å². The molecule has 12 heteroatoms. The lowest BCUT2D eigenvalue weighted by Crippen LogP contribution is -2.49. The first-order chi connectivity index (χ1) is 17.9. The lowest BCUT2D eigenvalue weighted by atomic mass is 10.2. The van der Waals surface area contributed by atoms with Crippen LogP contribution < -0.4 is 10.2 Å². The fourth-order valence-corrected chi connectivity index (χ4v) is 7.11. The molecule has 9 nitrogen and oxygen atoms in total. The minimum absolute atomic E-state index is 0.163. The molecule has 7 rings (SSSR count). The second-order valence-corrected chi connectivity index (χ2v) is 11.7. The molecule has 0 amide bonds. The number of aromatic amines is 1. The van der Waals surface area contributed by atoms with Crippen LogP contribution in [-0.2, 0) is 10.0 Å². The number of piperazine rings is 1. The van der Waals surface area contributed by atoms with Gasteiger partial charge in [0, 0.05) is 54.3 Å². The molecule has 190 valence electrons. The van der Waals surface area contributed by atoms with Crippen molar-refractivity contribution in [3.63, 3.8) is 0 Å². The number of nitrogens with one attached hydrogen (secondary N) is 2. The van der Waals surface area contributed by atoms with Crippen molar-refractivity contribution in [1.82, 2.24) is 24.5 Å². The molecule has 2 aromatic carbocycles. The number of hydrogen-bond acceptors (Lipinski definition) is 7. The van der Waals surface area contributed by atoms with Gasteiger partial charge in [-0.3, -0.25) is 5.10 Å². The van der Waals surface area contributed by atoms with E-state index in [1.807, 2.05) is 35.2 Å². The molecule has 2 N–H and O–H groups in total. The van der Waals surface area contributed by atoms with Crippen molar-refractivity contribution in [2.75, 3.05) is 23.3 Å². The molecule has 2 atom stereocenters. The summed E-state index contributed by atoms with van der Waals surface area (Å²) < 4.78 is 55.3. The van der Waals surface area contributed by atoms with Crippen LogP contribution in [0.5, 0.6) is 0 Å². The summed E-state index contributed by atoms with van der Waals surface area (Å²) in [7, 11) is -4.11. The maximum Gasteiger partial charge on any atom is 0.246 e. The Labute approximate surface area is 211 Å². The quantitative estimate of drug-likeness (QED) is 0.395. The average Bonchev–Trinajstić information content (AvgIpc) is 3.28. The van der Waals surface area contributed by atoms with Crippen LogP contribution in [0.25, 0.3) is 10.9 Å². The Balaban J connectivity index is 1.17. The molecule has 37 heavy (non-hydrogen) atoms. The van der Waals surface area contributed by atoms with Crippen molar-refractivity contribution < 1.29 is 17.2 Å². The van der Waals surface area contributed by atoms with Gasteiger partial charge in [-0.25, -0.2) is 22.2 Å². The Bertz CT molecular complexity index is 1640. The normalized spacial score (nSPS) is 21.7. The number of anilines is 3. The first kappa shape index (κ1) is 22.5. The Hall–Kier alpha value is -3.64. The topological polar surface area (TPSA) is 107 Å². The first-order valence-electron chi connectivity index (χ1n) is 12.2. The maximum absolute atomic E-state index is 14.3. The molecule has 3 aliphatic rings. The third-order valence-electron chi connectivity index (χ3n) is 7.38. The summed E-state index contributed by atoms with van der Waals surface area (Å²) in [6.45, 7) is 0.547. The zero-order valence-corrected chi connectivity index (χ0v) is 20.4. The summed E-state index contributed by atoms with van der Waals surface area (Å²) in [6.07, 6.45) is 2.91. The lowest BCUT2D eigenvalue weighted by Gasteiger charge is -2.33. The van der Waals surface area contributed by atoms with Gasteiger partial charge < -0.3 is 10.2 Å². The van der Waals surface area contributed by atoms with Crippen molar-refractivity contribution >= 4 is 38.5 Å². The summed E-state index contributed by atoms with van der Waals surface area (Å²) in [6, 6.07) is 11.7. The van der Waals surface area contributed by atoms with Gasteiger partial charge in [-0.2, -0.15) is 14.4 Å². The number of halogens is 2. The monoisotopic (exact) mass is 523 g/mol. The van der Waals surface area contributed by atoms with Gasteiger partial charge in [0.25, 0.3) is 0 Å². The van der Waals surface area contributed by atoms with Gasteiger partial charge in [0.15, 0.2) is 5.82 Å². The zero-order valence-electron chi connectivity index (χ0n) is 19.6. The van der Waals surface area contributed by atoms with Crippen molar-refractivity contribution in [1.29, 1.82) is 0 Å². The average molecular weight is 524 g/mol.